The molecule has 0 unspecified atom stereocenters. The van der Waals surface area contributed by atoms with Gasteiger partial charge in [0.1, 0.15) is 0 Å². The van der Waals surface area contributed by atoms with Gasteiger partial charge in [0.05, 0.1) is 4.47 Å². The van der Waals surface area contributed by atoms with E-state index in [-0.39, 0.29) is 0 Å². The van der Waals surface area contributed by atoms with Crippen LogP contribution >= 0.6 is 15.9 Å². The molecule has 19 heavy (non-hydrogen) atoms. The molecule has 0 radical (unpaired) electrons. The molecule has 2 rings (SSSR count). The smallest absolute Gasteiger partial charge is 0.243 e. The van der Waals surface area contributed by atoms with Gasteiger partial charge < -0.3 is 10.2 Å². The highest BCUT2D eigenvalue weighted by Gasteiger charge is 2.06. The quantitative estimate of drug-likeness (QED) is 0.829. The summed E-state index contributed by atoms with van der Waals surface area (Å²) in [4.78, 5) is 6.77. The van der Waals surface area contributed by atoms with E-state index >= 15 is 0 Å². The molecule has 0 fully saturated rings. The summed E-state index contributed by atoms with van der Waals surface area (Å²) < 4.78 is 2.72. The summed E-state index contributed by atoms with van der Waals surface area (Å²) in [7, 11) is 2.14. The molecule has 0 spiro atoms. The first-order valence-corrected chi connectivity index (χ1v) is 7.32. The largest absolute Gasteiger partial charge is 0.353 e. The molecule has 1 N–H and O–H groups in total. The van der Waals surface area contributed by atoms with Crippen LogP contribution in [0.3, 0.4) is 0 Å². The highest BCUT2D eigenvalue weighted by molar-refractivity contribution is 9.10. The molecule has 6 heteroatoms. The van der Waals surface area contributed by atoms with Crippen LogP contribution in [0.1, 0.15) is 20.3 Å². The second-order valence-electron chi connectivity index (χ2n) is 4.91. The highest BCUT2D eigenvalue weighted by atomic mass is 79.9. The van der Waals surface area contributed by atoms with E-state index in [0.717, 1.165) is 29.6 Å². The first kappa shape index (κ1) is 14.3. The first-order valence-electron chi connectivity index (χ1n) is 6.53. The molecule has 0 aliphatic heterocycles. The predicted molar refractivity (Wildman–Crippen MR) is 81.6 cm³/mol. The maximum atomic E-state index is 4.44. The second kappa shape index (κ2) is 6.34. The molecule has 0 aliphatic carbocycles. The van der Waals surface area contributed by atoms with Crippen molar-refractivity contribution in [3.8, 4) is 0 Å². The van der Waals surface area contributed by atoms with Crippen molar-refractivity contribution < 1.29 is 0 Å². The Morgan fingerprint density at radius 3 is 2.95 bits per heavy atom. The van der Waals surface area contributed by atoms with E-state index in [4.69, 9.17) is 0 Å². The summed E-state index contributed by atoms with van der Waals surface area (Å²) in [6.45, 7) is 6.36. The third-order valence-corrected chi connectivity index (χ3v) is 3.79. The lowest BCUT2D eigenvalue weighted by molar-refractivity contribution is 0.273. The number of anilines is 1. The van der Waals surface area contributed by atoms with E-state index in [2.05, 4.69) is 57.1 Å². The Morgan fingerprint density at radius 1 is 1.47 bits per heavy atom. The molecule has 0 atom stereocenters. The Labute approximate surface area is 122 Å². The summed E-state index contributed by atoms with van der Waals surface area (Å²) in [6, 6.07) is 4.49. The first-order chi connectivity index (χ1) is 9.08. The molecule has 0 amide bonds. The van der Waals surface area contributed by atoms with Gasteiger partial charge >= 0.3 is 0 Å². The van der Waals surface area contributed by atoms with Gasteiger partial charge in [-0.25, -0.2) is 4.52 Å². The number of hydrogen-bond donors (Lipinski definition) is 1. The lowest BCUT2D eigenvalue weighted by Gasteiger charge is -2.20. The molecule has 5 nitrogen and oxygen atoms in total. The van der Waals surface area contributed by atoms with Crippen molar-refractivity contribution in [2.75, 3.05) is 25.5 Å². The molecule has 0 saturated carbocycles. The number of hydrogen-bond acceptors (Lipinski definition) is 4. The molecule has 0 saturated heterocycles. The van der Waals surface area contributed by atoms with Gasteiger partial charge in [-0.3, -0.25) is 0 Å². The van der Waals surface area contributed by atoms with Crippen molar-refractivity contribution in [1.82, 2.24) is 19.5 Å². The molecule has 0 aliphatic rings. The number of nitrogens with one attached hydrogen (secondary N) is 1. The van der Waals surface area contributed by atoms with Crippen molar-refractivity contribution in [2.24, 2.45) is 0 Å². The Bertz CT molecular complexity index is 537. The van der Waals surface area contributed by atoms with Gasteiger partial charge in [0.15, 0.2) is 5.65 Å². The average molecular weight is 326 g/mol. The number of pyridine rings is 1. The maximum absolute atomic E-state index is 4.44. The Kier molecular flexibility index (Phi) is 4.76. The average Bonchev–Trinajstić information content (AvgIpc) is 2.78. The fourth-order valence-electron chi connectivity index (χ4n) is 1.74. The van der Waals surface area contributed by atoms with Crippen molar-refractivity contribution in [2.45, 2.75) is 26.3 Å². The molecule has 0 bridgehead atoms. The molecular weight excluding hydrogens is 306 g/mol. The van der Waals surface area contributed by atoms with Gasteiger partial charge in [0.2, 0.25) is 5.95 Å². The molecule has 2 aromatic rings. The van der Waals surface area contributed by atoms with Crippen molar-refractivity contribution in [3.63, 3.8) is 0 Å². The maximum Gasteiger partial charge on any atom is 0.243 e. The monoisotopic (exact) mass is 325 g/mol. The highest BCUT2D eigenvalue weighted by Crippen LogP contribution is 2.16. The summed E-state index contributed by atoms with van der Waals surface area (Å²) in [5.74, 6) is 0.680. The van der Waals surface area contributed by atoms with E-state index in [9.17, 15) is 0 Å². The van der Waals surface area contributed by atoms with Crippen LogP contribution in [0, 0.1) is 0 Å². The van der Waals surface area contributed by atoms with Gasteiger partial charge in [-0.1, -0.05) is 0 Å². The van der Waals surface area contributed by atoms with Gasteiger partial charge in [0, 0.05) is 18.8 Å². The Morgan fingerprint density at radius 2 is 2.26 bits per heavy atom. The fraction of sp³-hybridized carbons (Fsp3) is 0.538. The second-order valence-corrected chi connectivity index (χ2v) is 5.77. The number of nitrogens with zero attached hydrogens (tertiary/aromatic N) is 4. The number of halogens is 1. The van der Waals surface area contributed by atoms with Crippen LogP contribution in [-0.4, -0.2) is 45.7 Å². The third kappa shape index (κ3) is 3.67. The lowest BCUT2D eigenvalue weighted by atomic mass is 10.3. The molecular formula is C13H20BrN5. The zero-order valence-corrected chi connectivity index (χ0v) is 13.2. The van der Waals surface area contributed by atoms with E-state index in [0.29, 0.717) is 12.0 Å². The number of fused-ring (bicyclic) bond motifs is 1. The predicted octanol–water partition coefficient (Wildman–Crippen LogP) is 2.63. The van der Waals surface area contributed by atoms with Crippen LogP contribution in [0.2, 0.25) is 0 Å². The Hall–Kier alpha value is -1.14. The van der Waals surface area contributed by atoms with Crippen molar-refractivity contribution in [3.05, 3.63) is 22.8 Å². The van der Waals surface area contributed by atoms with E-state index in [1.807, 2.05) is 18.3 Å². The molecule has 0 aromatic carbocycles. The van der Waals surface area contributed by atoms with Crippen molar-refractivity contribution >= 4 is 27.5 Å². The van der Waals surface area contributed by atoms with Gasteiger partial charge in [-0.2, -0.15) is 4.98 Å². The number of rotatable bonds is 6. The minimum absolute atomic E-state index is 0.587. The van der Waals surface area contributed by atoms with Crippen LogP contribution < -0.4 is 5.32 Å². The van der Waals surface area contributed by atoms with E-state index in [1.165, 1.54) is 0 Å². The summed E-state index contributed by atoms with van der Waals surface area (Å²) in [5, 5.41) is 7.64. The third-order valence-electron chi connectivity index (χ3n) is 3.17. The van der Waals surface area contributed by atoms with Crippen LogP contribution in [0.15, 0.2) is 22.8 Å². The van der Waals surface area contributed by atoms with Gasteiger partial charge in [-0.15, -0.1) is 5.10 Å². The van der Waals surface area contributed by atoms with Crippen LogP contribution in [0.4, 0.5) is 5.95 Å². The van der Waals surface area contributed by atoms with Crippen LogP contribution in [0.5, 0.6) is 0 Å². The topological polar surface area (TPSA) is 45.5 Å². The minimum atomic E-state index is 0.587. The molecule has 2 aromatic heterocycles. The lowest BCUT2D eigenvalue weighted by Crippen LogP contribution is -2.28. The van der Waals surface area contributed by atoms with Crippen LogP contribution in [0.25, 0.3) is 5.65 Å². The van der Waals surface area contributed by atoms with Crippen molar-refractivity contribution in [1.29, 1.82) is 0 Å². The number of aromatic nitrogens is 3. The SMILES string of the molecule is CC(C)N(C)CCCNc1nc2c(Br)cccn2n1. The Balaban J connectivity index is 1.87. The van der Waals surface area contributed by atoms with E-state index < -0.39 is 0 Å². The van der Waals surface area contributed by atoms with E-state index in [1.54, 1.807) is 4.52 Å². The van der Waals surface area contributed by atoms with Gasteiger partial charge in [-0.05, 0) is 61.9 Å². The zero-order chi connectivity index (χ0) is 13.8. The summed E-state index contributed by atoms with van der Waals surface area (Å²) >= 11 is 3.47. The van der Waals surface area contributed by atoms with Gasteiger partial charge in [0.25, 0.3) is 0 Å². The zero-order valence-electron chi connectivity index (χ0n) is 11.6. The summed E-state index contributed by atoms with van der Waals surface area (Å²) in [5.41, 5.74) is 0.837. The minimum Gasteiger partial charge on any atom is -0.353 e. The summed E-state index contributed by atoms with van der Waals surface area (Å²) in [6.07, 6.45) is 2.97. The standard InChI is InChI=1S/C13H20BrN5/c1-10(2)18(3)8-5-7-15-13-16-12-11(14)6-4-9-19(12)17-13/h4,6,9-10H,5,7-8H2,1-3H3,(H,15,17). The normalized spacial score (nSPS) is 11.7. The molecule has 2 heterocycles. The fourth-order valence-corrected chi connectivity index (χ4v) is 2.16. The molecule has 104 valence electrons. The van der Waals surface area contributed by atoms with Crippen LogP contribution in [-0.2, 0) is 0 Å².